The van der Waals surface area contributed by atoms with E-state index in [0.29, 0.717) is 37.5 Å². The Morgan fingerprint density at radius 2 is 1.87 bits per heavy atom. The van der Waals surface area contributed by atoms with Crippen molar-refractivity contribution in [2.75, 3.05) is 13.1 Å². The van der Waals surface area contributed by atoms with Crippen molar-refractivity contribution >= 4 is 29.9 Å². The molecule has 0 aromatic heterocycles. The Morgan fingerprint density at radius 3 is 2.39 bits per heavy atom. The number of hydrogen-bond donors (Lipinski definition) is 3. The topological polar surface area (TPSA) is 56.7 Å². The lowest BCUT2D eigenvalue weighted by Gasteiger charge is -2.26. The zero-order valence-corrected chi connectivity index (χ0v) is 16.8. The van der Waals surface area contributed by atoms with Crippen molar-refractivity contribution in [3.63, 3.8) is 0 Å². The molecule has 3 N–H and O–H groups in total. The molecular formula is C17H29FIN3O. The predicted molar refractivity (Wildman–Crippen MR) is 105 cm³/mol. The Balaban J connectivity index is 0.00000484. The maximum Gasteiger partial charge on any atom is 0.191 e. The fourth-order valence-electron chi connectivity index (χ4n) is 2.00. The van der Waals surface area contributed by atoms with Gasteiger partial charge in [0, 0.05) is 13.1 Å². The molecule has 4 nitrogen and oxygen atoms in total. The molecular weight excluding hydrogens is 408 g/mol. The minimum atomic E-state index is -0.730. The van der Waals surface area contributed by atoms with E-state index in [0.717, 1.165) is 12.1 Å². The lowest BCUT2D eigenvalue weighted by atomic mass is 9.98. The molecule has 0 radical (unpaired) electrons. The first kappa shape index (κ1) is 22.1. The highest BCUT2D eigenvalue weighted by atomic mass is 127. The maximum atomic E-state index is 13.5. The van der Waals surface area contributed by atoms with Crippen LogP contribution in [0.4, 0.5) is 4.39 Å². The van der Waals surface area contributed by atoms with E-state index in [1.807, 2.05) is 26.8 Å². The minimum absolute atomic E-state index is 0. The number of aliphatic hydroxyl groups is 1. The molecule has 0 heterocycles. The van der Waals surface area contributed by atoms with E-state index in [-0.39, 0.29) is 29.8 Å². The number of nitrogens with zero attached hydrogens (tertiary/aromatic N) is 1. The zero-order valence-electron chi connectivity index (χ0n) is 14.4. The standard InChI is InChI=1S/C17H28FN3O.HI/c1-5-17(22,6-2)12-21-16(19-7-3)20-11-14-9-8-13(4)15(18)10-14;/h8-10,22H,5-7,11-12H2,1-4H3,(H2,19,20,21);1H. The summed E-state index contributed by atoms with van der Waals surface area (Å²) in [4.78, 5) is 4.44. The summed E-state index contributed by atoms with van der Waals surface area (Å²) in [6.07, 6.45) is 1.36. The van der Waals surface area contributed by atoms with E-state index < -0.39 is 5.60 Å². The van der Waals surface area contributed by atoms with Crippen LogP contribution in [0.1, 0.15) is 44.7 Å². The third-order valence-electron chi connectivity index (χ3n) is 3.90. The summed E-state index contributed by atoms with van der Waals surface area (Å²) >= 11 is 0. The summed E-state index contributed by atoms with van der Waals surface area (Å²) in [5.41, 5.74) is 0.724. The molecule has 0 saturated carbocycles. The number of guanidine groups is 1. The third kappa shape index (κ3) is 7.48. The van der Waals surface area contributed by atoms with E-state index in [9.17, 15) is 9.50 Å². The van der Waals surface area contributed by atoms with Crippen molar-refractivity contribution in [1.82, 2.24) is 10.6 Å². The molecule has 6 heteroatoms. The van der Waals surface area contributed by atoms with Crippen molar-refractivity contribution in [2.45, 2.75) is 52.7 Å². The Hall–Kier alpha value is -0.890. The quantitative estimate of drug-likeness (QED) is 0.349. The molecule has 0 aliphatic rings. The van der Waals surface area contributed by atoms with Crippen LogP contribution in [0.25, 0.3) is 0 Å². The average Bonchev–Trinajstić information content (AvgIpc) is 2.53. The summed E-state index contributed by atoms with van der Waals surface area (Å²) in [6, 6.07) is 5.14. The Morgan fingerprint density at radius 1 is 1.22 bits per heavy atom. The Labute approximate surface area is 156 Å². The van der Waals surface area contributed by atoms with Gasteiger partial charge in [-0.1, -0.05) is 26.0 Å². The molecule has 1 aromatic rings. The van der Waals surface area contributed by atoms with Crippen LogP contribution in [0.15, 0.2) is 23.2 Å². The van der Waals surface area contributed by atoms with Gasteiger partial charge in [-0.3, -0.25) is 0 Å². The van der Waals surface area contributed by atoms with Crippen molar-refractivity contribution in [1.29, 1.82) is 0 Å². The number of nitrogens with one attached hydrogen (secondary N) is 2. The summed E-state index contributed by atoms with van der Waals surface area (Å²) in [5.74, 6) is 0.417. The summed E-state index contributed by atoms with van der Waals surface area (Å²) < 4.78 is 13.5. The van der Waals surface area contributed by atoms with Crippen LogP contribution in [0.2, 0.25) is 0 Å². The van der Waals surface area contributed by atoms with Crippen LogP contribution in [-0.2, 0) is 6.54 Å². The van der Waals surface area contributed by atoms with Gasteiger partial charge in [0.25, 0.3) is 0 Å². The average molecular weight is 437 g/mol. The molecule has 1 aromatic carbocycles. The first-order chi connectivity index (χ1) is 10.4. The number of rotatable bonds is 7. The second-order valence-electron chi connectivity index (χ2n) is 5.56. The Bertz CT molecular complexity index is 505. The number of aryl methyl sites for hydroxylation is 1. The van der Waals surface area contributed by atoms with Gasteiger partial charge in [-0.25, -0.2) is 9.38 Å². The van der Waals surface area contributed by atoms with E-state index in [2.05, 4.69) is 15.6 Å². The van der Waals surface area contributed by atoms with Gasteiger partial charge in [0.1, 0.15) is 5.82 Å². The lowest BCUT2D eigenvalue weighted by molar-refractivity contribution is 0.0367. The highest BCUT2D eigenvalue weighted by molar-refractivity contribution is 14.0. The van der Waals surface area contributed by atoms with Crippen molar-refractivity contribution in [3.8, 4) is 0 Å². The molecule has 0 unspecified atom stereocenters. The normalized spacial score (nSPS) is 11.8. The lowest BCUT2D eigenvalue weighted by Crippen LogP contribution is -2.46. The summed E-state index contributed by atoms with van der Waals surface area (Å²) in [5, 5.41) is 16.6. The SMILES string of the molecule is CCNC(=NCc1ccc(C)c(F)c1)NCC(O)(CC)CC.I. The highest BCUT2D eigenvalue weighted by Gasteiger charge is 2.22. The van der Waals surface area contributed by atoms with E-state index in [1.54, 1.807) is 13.0 Å². The van der Waals surface area contributed by atoms with Crippen LogP contribution < -0.4 is 10.6 Å². The molecule has 0 amide bonds. The molecule has 1 rings (SSSR count). The van der Waals surface area contributed by atoms with Gasteiger partial charge in [-0.2, -0.15) is 0 Å². The molecule has 0 aliphatic carbocycles. The van der Waals surface area contributed by atoms with E-state index in [1.165, 1.54) is 6.07 Å². The van der Waals surface area contributed by atoms with Crippen LogP contribution in [0, 0.1) is 12.7 Å². The summed E-state index contributed by atoms with van der Waals surface area (Å²) in [7, 11) is 0. The third-order valence-corrected chi connectivity index (χ3v) is 3.90. The number of benzene rings is 1. The van der Waals surface area contributed by atoms with Crippen molar-refractivity contribution < 1.29 is 9.50 Å². The first-order valence-electron chi connectivity index (χ1n) is 7.93. The van der Waals surface area contributed by atoms with Crippen LogP contribution in [0.5, 0.6) is 0 Å². The predicted octanol–water partition coefficient (Wildman–Crippen LogP) is 3.36. The molecule has 23 heavy (non-hydrogen) atoms. The van der Waals surface area contributed by atoms with Gasteiger partial charge in [0.2, 0.25) is 0 Å². The monoisotopic (exact) mass is 437 g/mol. The van der Waals surface area contributed by atoms with Gasteiger partial charge in [-0.05, 0) is 43.9 Å². The first-order valence-corrected chi connectivity index (χ1v) is 7.93. The Kier molecular flexibility index (Phi) is 10.4. The fourth-order valence-corrected chi connectivity index (χ4v) is 2.00. The molecule has 0 aliphatic heterocycles. The van der Waals surface area contributed by atoms with Crippen LogP contribution in [0.3, 0.4) is 0 Å². The van der Waals surface area contributed by atoms with Gasteiger partial charge < -0.3 is 15.7 Å². The number of halogens is 2. The molecule has 0 saturated heterocycles. The smallest absolute Gasteiger partial charge is 0.191 e. The van der Waals surface area contributed by atoms with E-state index in [4.69, 9.17) is 0 Å². The van der Waals surface area contributed by atoms with Gasteiger partial charge in [0.15, 0.2) is 5.96 Å². The minimum Gasteiger partial charge on any atom is -0.388 e. The highest BCUT2D eigenvalue weighted by Crippen LogP contribution is 2.13. The van der Waals surface area contributed by atoms with Crippen molar-refractivity contribution in [2.24, 2.45) is 4.99 Å². The molecule has 0 atom stereocenters. The molecule has 132 valence electrons. The number of aliphatic imine (C=N–C) groups is 1. The van der Waals surface area contributed by atoms with Gasteiger partial charge in [-0.15, -0.1) is 24.0 Å². The van der Waals surface area contributed by atoms with Crippen LogP contribution >= 0.6 is 24.0 Å². The fraction of sp³-hybridized carbons (Fsp3) is 0.588. The van der Waals surface area contributed by atoms with Gasteiger partial charge >= 0.3 is 0 Å². The molecule has 0 spiro atoms. The van der Waals surface area contributed by atoms with E-state index >= 15 is 0 Å². The van der Waals surface area contributed by atoms with Crippen molar-refractivity contribution in [3.05, 3.63) is 35.1 Å². The van der Waals surface area contributed by atoms with Gasteiger partial charge in [0.05, 0.1) is 12.1 Å². The molecule has 0 bridgehead atoms. The second-order valence-corrected chi connectivity index (χ2v) is 5.56. The van der Waals surface area contributed by atoms with Crippen LogP contribution in [-0.4, -0.2) is 29.8 Å². The number of hydrogen-bond acceptors (Lipinski definition) is 2. The molecule has 0 fully saturated rings. The zero-order chi connectivity index (χ0) is 16.6. The maximum absolute atomic E-state index is 13.5. The second kappa shape index (κ2) is 10.8. The summed E-state index contributed by atoms with van der Waals surface area (Å²) in [6.45, 7) is 9.20. The largest absolute Gasteiger partial charge is 0.388 e.